The van der Waals surface area contributed by atoms with E-state index in [1.165, 1.54) is 19.1 Å². The van der Waals surface area contributed by atoms with Gasteiger partial charge in [-0.3, -0.25) is 14.9 Å². The van der Waals surface area contributed by atoms with E-state index in [-0.39, 0.29) is 23.4 Å². The van der Waals surface area contributed by atoms with E-state index in [0.717, 1.165) is 6.07 Å². The van der Waals surface area contributed by atoms with Crippen molar-refractivity contribution in [3.8, 4) is 5.75 Å². The van der Waals surface area contributed by atoms with Gasteiger partial charge in [0.15, 0.2) is 0 Å². The molecule has 1 radical (unpaired) electrons. The van der Waals surface area contributed by atoms with E-state index in [1.54, 1.807) is 0 Å². The molecule has 0 aliphatic carbocycles. The Labute approximate surface area is 109 Å². The number of nitro groups is 1. The Balaban J connectivity index is 3.14. The fraction of sp³-hybridized carbons (Fsp3) is 0.300. The van der Waals surface area contributed by atoms with Gasteiger partial charge >= 0.3 is 13.7 Å². The van der Waals surface area contributed by atoms with Gasteiger partial charge in [-0.05, 0) is 19.1 Å². The third-order valence-corrected chi connectivity index (χ3v) is 2.49. The summed E-state index contributed by atoms with van der Waals surface area (Å²) in [6.45, 7) is 1.27. The second-order valence-corrected chi connectivity index (χ2v) is 4.17. The van der Waals surface area contributed by atoms with E-state index in [4.69, 9.17) is 15.9 Å². The van der Waals surface area contributed by atoms with Crippen LogP contribution >= 0.6 is 0 Å². The number of carboxylic acids is 1. The number of nitrogens with two attached hydrogens (primary N) is 1. The van der Waals surface area contributed by atoms with Crippen molar-refractivity contribution in [1.29, 1.82) is 0 Å². The Morgan fingerprint density at radius 1 is 1.63 bits per heavy atom. The van der Waals surface area contributed by atoms with Crippen LogP contribution in [-0.4, -0.2) is 34.2 Å². The summed E-state index contributed by atoms with van der Waals surface area (Å²) in [6, 6.07) is 3.79. The molecule has 0 aromatic heterocycles. The van der Waals surface area contributed by atoms with Crippen molar-refractivity contribution >= 4 is 19.3 Å². The molecule has 4 N–H and O–H groups in total. The number of hydrogen-bond donors (Lipinski definition) is 3. The molecule has 1 aromatic carbocycles. The van der Waals surface area contributed by atoms with Crippen molar-refractivity contribution in [2.24, 2.45) is 5.73 Å². The van der Waals surface area contributed by atoms with Crippen LogP contribution in [0.15, 0.2) is 18.2 Å². The highest BCUT2D eigenvalue weighted by Crippen LogP contribution is 2.27. The molecule has 9 heteroatoms. The number of rotatable bonds is 6. The average molecular weight is 267 g/mol. The average Bonchev–Trinajstić information content (AvgIpc) is 2.30. The second-order valence-electron chi connectivity index (χ2n) is 4.17. The number of carboxylic acid groups (broad SMARTS) is 1. The first-order valence-corrected chi connectivity index (χ1v) is 5.20. The summed E-state index contributed by atoms with van der Waals surface area (Å²) in [5, 5.41) is 28.3. The minimum Gasteiger partial charge on any atom is -0.537 e. The lowest BCUT2D eigenvalue weighted by atomic mass is 9.93. The number of carbonyl (C=O) groups is 1. The first-order chi connectivity index (χ1) is 8.77. The van der Waals surface area contributed by atoms with Crippen LogP contribution < -0.4 is 10.4 Å². The molecule has 1 aromatic rings. The zero-order valence-corrected chi connectivity index (χ0v) is 10.1. The molecule has 0 saturated heterocycles. The molecule has 0 saturated carbocycles. The smallest absolute Gasteiger partial charge is 0.537 e. The number of hydrogen-bond acceptors (Lipinski definition) is 6. The zero-order chi connectivity index (χ0) is 14.6. The van der Waals surface area contributed by atoms with Crippen LogP contribution in [0.2, 0.25) is 0 Å². The number of aliphatic carboxylic acids is 1. The molecule has 1 rings (SSSR count). The maximum Gasteiger partial charge on any atom is 0.569 e. The molecular formula is C10H12BN2O6. The maximum absolute atomic E-state index is 10.9. The van der Waals surface area contributed by atoms with Crippen molar-refractivity contribution in [1.82, 2.24) is 0 Å². The van der Waals surface area contributed by atoms with Gasteiger partial charge in [0.2, 0.25) is 0 Å². The molecule has 0 bridgehead atoms. The van der Waals surface area contributed by atoms with E-state index in [9.17, 15) is 14.9 Å². The van der Waals surface area contributed by atoms with Crippen LogP contribution in [0.3, 0.4) is 0 Å². The monoisotopic (exact) mass is 267 g/mol. The Bertz CT molecular complexity index is 505. The van der Waals surface area contributed by atoms with Crippen molar-refractivity contribution in [3.63, 3.8) is 0 Å². The minimum atomic E-state index is -1.61. The van der Waals surface area contributed by atoms with Gasteiger partial charge in [0.25, 0.3) is 5.69 Å². The quantitative estimate of drug-likeness (QED) is 0.370. The van der Waals surface area contributed by atoms with Gasteiger partial charge in [-0.15, -0.1) is 0 Å². The fourth-order valence-electron chi connectivity index (χ4n) is 1.47. The van der Waals surface area contributed by atoms with Crippen LogP contribution in [0.4, 0.5) is 5.69 Å². The van der Waals surface area contributed by atoms with Gasteiger partial charge < -0.3 is 20.5 Å². The third-order valence-electron chi connectivity index (χ3n) is 2.49. The molecule has 19 heavy (non-hydrogen) atoms. The standard InChI is InChI=1S/C10H12BN2O6/c1-10(12,9(14)15)5-6-2-3-7(19-11-16)4-8(6)13(17)18/h2-4,16H,5,12H2,1H3,(H,14,15)/t10-/m0/s1. The Morgan fingerprint density at radius 3 is 2.74 bits per heavy atom. The summed E-state index contributed by atoms with van der Waals surface area (Å²) < 4.78 is 4.61. The van der Waals surface area contributed by atoms with Crippen molar-refractivity contribution in [3.05, 3.63) is 33.9 Å². The van der Waals surface area contributed by atoms with E-state index < -0.39 is 16.4 Å². The lowest BCUT2D eigenvalue weighted by Crippen LogP contribution is -2.46. The van der Waals surface area contributed by atoms with E-state index in [2.05, 4.69) is 4.65 Å². The van der Waals surface area contributed by atoms with Gasteiger partial charge in [-0.2, -0.15) is 0 Å². The molecule has 0 unspecified atom stereocenters. The summed E-state index contributed by atoms with van der Waals surface area (Å²) in [5.74, 6) is -1.20. The highest BCUT2D eigenvalue weighted by atomic mass is 16.6. The summed E-state index contributed by atoms with van der Waals surface area (Å²) in [4.78, 5) is 21.2. The Morgan fingerprint density at radius 2 is 2.26 bits per heavy atom. The number of nitrogens with zero attached hydrogens (tertiary/aromatic N) is 1. The van der Waals surface area contributed by atoms with Gasteiger partial charge in [0, 0.05) is 12.0 Å². The van der Waals surface area contributed by atoms with Gasteiger partial charge in [0.1, 0.15) is 11.3 Å². The summed E-state index contributed by atoms with van der Waals surface area (Å²) in [5.41, 5.74) is 3.79. The van der Waals surface area contributed by atoms with Crippen molar-refractivity contribution in [2.75, 3.05) is 0 Å². The second kappa shape index (κ2) is 5.68. The van der Waals surface area contributed by atoms with Crippen LogP contribution in [0.5, 0.6) is 5.75 Å². The van der Waals surface area contributed by atoms with Crippen LogP contribution in [0.25, 0.3) is 0 Å². The normalized spacial score (nSPS) is 13.4. The first-order valence-electron chi connectivity index (χ1n) is 5.20. The highest BCUT2D eigenvalue weighted by Gasteiger charge is 2.31. The first kappa shape index (κ1) is 14.9. The SMILES string of the molecule is C[C@](N)(Cc1ccc(O[B]O)cc1[N+](=O)[O-])C(=O)O. The predicted octanol–water partition coefficient (Wildman–Crippen LogP) is -0.155. The van der Waals surface area contributed by atoms with E-state index in [1.807, 2.05) is 0 Å². The van der Waals surface area contributed by atoms with Gasteiger partial charge in [0.05, 0.1) is 11.0 Å². The number of nitro benzene ring substituents is 1. The van der Waals surface area contributed by atoms with E-state index >= 15 is 0 Å². The molecule has 0 aliphatic rings. The number of benzene rings is 1. The lowest BCUT2D eigenvalue weighted by molar-refractivity contribution is -0.385. The van der Waals surface area contributed by atoms with Crippen molar-refractivity contribution in [2.45, 2.75) is 18.9 Å². The van der Waals surface area contributed by atoms with Gasteiger partial charge in [-0.25, -0.2) is 0 Å². The molecule has 0 heterocycles. The third kappa shape index (κ3) is 3.67. The fourth-order valence-corrected chi connectivity index (χ4v) is 1.47. The summed E-state index contributed by atoms with van der Waals surface area (Å²) in [6.07, 6.45) is -0.207. The topological polar surface area (TPSA) is 136 Å². The molecule has 1 atom stereocenters. The predicted molar refractivity (Wildman–Crippen MR) is 65.6 cm³/mol. The van der Waals surface area contributed by atoms with Gasteiger partial charge in [-0.1, -0.05) is 0 Å². The van der Waals surface area contributed by atoms with Crippen LogP contribution in [-0.2, 0) is 11.2 Å². The molecule has 8 nitrogen and oxygen atoms in total. The van der Waals surface area contributed by atoms with Crippen LogP contribution in [0, 0.1) is 10.1 Å². The summed E-state index contributed by atoms with van der Waals surface area (Å²) in [7, 11) is 0.392. The van der Waals surface area contributed by atoms with E-state index in [0.29, 0.717) is 7.69 Å². The molecular weight excluding hydrogens is 255 g/mol. The molecule has 0 amide bonds. The van der Waals surface area contributed by atoms with Crippen LogP contribution in [0.1, 0.15) is 12.5 Å². The molecule has 0 aliphatic heterocycles. The summed E-state index contributed by atoms with van der Waals surface area (Å²) >= 11 is 0. The molecule has 0 fully saturated rings. The minimum absolute atomic E-state index is 0.0620. The highest BCUT2D eigenvalue weighted by molar-refractivity contribution is 6.17. The lowest BCUT2D eigenvalue weighted by Gasteiger charge is -2.19. The Hall–Kier alpha value is -2.13. The zero-order valence-electron chi connectivity index (χ0n) is 10.1. The Kier molecular flexibility index (Phi) is 4.46. The molecule has 0 spiro atoms. The maximum atomic E-state index is 10.9. The molecule has 101 valence electrons. The van der Waals surface area contributed by atoms with Crippen molar-refractivity contribution < 1.29 is 24.5 Å². The largest absolute Gasteiger partial charge is 0.569 e.